The first-order valence-corrected chi connectivity index (χ1v) is 6.17. The van der Waals surface area contributed by atoms with Crippen molar-refractivity contribution in [3.63, 3.8) is 0 Å². The van der Waals surface area contributed by atoms with Crippen molar-refractivity contribution in [1.29, 1.82) is 0 Å². The molecule has 0 bridgehead atoms. The summed E-state index contributed by atoms with van der Waals surface area (Å²) in [5, 5.41) is 0. The Kier molecular flexibility index (Phi) is 2.40. The number of fused-ring (bicyclic) bond motifs is 1. The van der Waals surface area contributed by atoms with Gasteiger partial charge in [-0.3, -0.25) is 14.7 Å². The highest BCUT2D eigenvalue weighted by Gasteiger charge is 2.33. The third kappa shape index (κ3) is 1.93. The van der Waals surface area contributed by atoms with Gasteiger partial charge in [0.1, 0.15) is 0 Å². The van der Waals surface area contributed by atoms with Crippen LogP contribution in [0.1, 0.15) is 42.6 Å². The van der Waals surface area contributed by atoms with Gasteiger partial charge < -0.3 is 5.73 Å². The van der Waals surface area contributed by atoms with Gasteiger partial charge in [0, 0.05) is 19.1 Å². The molecule has 1 atom stereocenters. The van der Waals surface area contributed by atoms with Crippen LogP contribution in [-0.4, -0.2) is 21.8 Å². The summed E-state index contributed by atoms with van der Waals surface area (Å²) in [6.45, 7) is 3.75. The molecule has 1 amide bonds. The smallest absolute Gasteiger partial charge is 0.226 e. The summed E-state index contributed by atoms with van der Waals surface area (Å²) in [4.78, 5) is 18.2. The van der Waals surface area contributed by atoms with E-state index in [2.05, 4.69) is 16.0 Å². The normalized spacial score (nSPS) is 21.2. The van der Waals surface area contributed by atoms with Crippen LogP contribution in [0.5, 0.6) is 0 Å². The molecule has 0 aromatic carbocycles. The molecule has 4 nitrogen and oxygen atoms in total. The molecule has 0 spiro atoms. The molecule has 4 heteroatoms. The Balaban J connectivity index is 1.83. The minimum absolute atomic E-state index is 0.296. The van der Waals surface area contributed by atoms with Crippen molar-refractivity contribution in [2.45, 2.75) is 44.8 Å². The van der Waals surface area contributed by atoms with Crippen molar-refractivity contribution in [3.8, 4) is 0 Å². The SMILES string of the molecule is CC(C(N)=O)c1ccc2c(n1)CN(C1CC1)C2. The number of pyridine rings is 1. The Morgan fingerprint density at radius 1 is 1.47 bits per heavy atom. The van der Waals surface area contributed by atoms with Crippen molar-refractivity contribution < 1.29 is 4.79 Å². The highest BCUT2D eigenvalue weighted by molar-refractivity contribution is 5.80. The van der Waals surface area contributed by atoms with E-state index in [0.29, 0.717) is 0 Å². The maximum atomic E-state index is 11.2. The number of nitrogens with two attached hydrogens (primary N) is 1. The van der Waals surface area contributed by atoms with Gasteiger partial charge in [-0.05, 0) is 31.4 Å². The van der Waals surface area contributed by atoms with E-state index in [0.717, 1.165) is 30.5 Å². The van der Waals surface area contributed by atoms with E-state index in [4.69, 9.17) is 5.73 Å². The van der Waals surface area contributed by atoms with Crippen LogP contribution >= 0.6 is 0 Å². The molecule has 2 N–H and O–H groups in total. The summed E-state index contributed by atoms with van der Waals surface area (Å²) in [5.41, 5.74) is 8.54. The minimum Gasteiger partial charge on any atom is -0.369 e. The van der Waals surface area contributed by atoms with E-state index in [-0.39, 0.29) is 11.8 Å². The van der Waals surface area contributed by atoms with Crippen LogP contribution in [0.2, 0.25) is 0 Å². The van der Waals surface area contributed by atoms with Gasteiger partial charge in [0.2, 0.25) is 5.91 Å². The lowest BCUT2D eigenvalue weighted by molar-refractivity contribution is -0.119. The highest BCUT2D eigenvalue weighted by atomic mass is 16.1. The lowest BCUT2D eigenvalue weighted by Crippen LogP contribution is -2.20. The Hall–Kier alpha value is -1.42. The molecule has 1 aliphatic heterocycles. The maximum absolute atomic E-state index is 11.2. The number of aromatic nitrogens is 1. The molecule has 1 aliphatic carbocycles. The molecule has 2 heterocycles. The summed E-state index contributed by atoms with van der Waals surface area (Å²) < 4.78 is 0. The summed E-state index contributed by atoms with van der Waals surface area (Å²) in [6, 6.07) is 4.80. The number of nitrogens with zero attached hydrogens (tertiary/aromatic N) is 2. The van der Waals surface area contributed by atoms with Crippen molar-refractivity contribution in [3.05, 3.63) is 29.1 Å². The number of carbonyl (C=O) groups is 1. The Morgan fingerprint density at radius 2 is 2.24 bits per heavy atom. The van der Waals surface area contributed by atoms with Gasteiger partial charge >= 0.3 is 0 Å². The lowest BCUT2D eigenvalue weighted by Gasteiger charge is -2.11. The molecule has 1 unspecified atom stereocenters. The second kappa shape index (κ2) is 3.81. The number of carbonyl (C=O) groups excluding carboxylic acids is 1. The van der Waals surface area contributed by atoms with Crippen LogP contribution in [0.15, 0.2) is 12.1 Å². The van der Waals surface area contributed by atoms with Crippen molar-refractivity contribution in [1.82, 2.24) is 9.88 Å². The predicted molar refractivity (Wildman–Crippen MR) is 64.1 cm³/mol. The van der Waals surface area contributed by atoms with Crippen LogP contribution in [0.4, 0.5) is 0 Å². The average molecular weight is 231 g/mol. The zero-order valence-corrected chi connectivity index (χ0v) is 10.0. The monoisotopic (exact) mass is 231 g/mol. The van der Waals surface area contributed by atoms with Gasteiger partial charge in [-0.2, -0.15) is 0 Å². The Bertz CT molecular complexity index is 468. The van der Waals surface area contributed by atoms with Crippen LogP contribution in [-0.2, 0) is 17.9 Å². The molecule has 0 saturated heterocycles. The first kappa shape index (κ1) is 10.7. The summed E-state index contributed by atoms with van der Waals surface area (Å²) in [6.07, 6.45) is 2.64. The fraction of sp³-hybridized carbons (Fsp3) is 0.538. The summed E-state index contributed by atoms with van der Waals surface area (Å²) >= 11 is 0. The number of rotatable bonds is 3. The lowest BCUT2D eigenvalue weighted by atomic mass is 10.1. The van der Waals surface area contributed by atoms with Gasteiger partial charge in [0.15, 0.2) is 0 Å². The van der Waals surface area contributed by atoms with Crippen LogP contribution < -0.4 is 5.73 Å². The Morgan fingerprint density at radius 3 is 2.88 bits per heavy atom. The predicted octanol–water partition coefficient (Wildman–Crippen LogP) is 1.15. The standard InChI is InChI=1S/C13H17N3O/c1-8(13(14)17)11-5-2-9-6-16(10-3-4-10)7-12(9)15-11/h2,5,8,10H,3-4,6-7H2,1H3,(H2,14,17). The molecular weight excluding hydrogens is 214 g/mol. The molecular formula is C13H17N3O. The highest BCUT2D eigenvalue weighted by Crippen LogP contribution is 2.34. The summed E-state index contributed by atoms with van der Waals surface area (Å²) in [5.74, 6) is -0.607. The Labute approximate surface area is 101 Å². The number of hydrogen-bond acceptors (Lipinski definition) is 3. The van der Waals surface area contributed by atoms with E-state index in [9.17, 15) is 4.79 Å². The van der Waals surface area contributed by atoms with E-state index in [1.807, 2.05) is 13.0 Å². The molecule has 17 heavy (non-hydrogen) atoms. The topological polar surface area (TPSA) is 59.2 Å². The first-order chi connectivity index (χ1) is 8.15. The molecule has 1 aromatic rings. The fourth-order valence-corrected chi connectivity index (χ4v) is 2.38. The molecule has 2 aliphatic rings. The second-order valence-corrected chi connectivity index (χ2v) is 5.10. The zero-order chi connectivity index (χ0) is 12.0. The molecule has 90 valence electrons. The molecule has 0 radical (unpaired) electrons. The third-order valence-corrected chi connectivity index (χ3v) is 3.75. The largest absolute Gasteiger partial charge is 0.369 e. The quantitative estimate of drug-likeness (QED) is 0.849. The van der Waals surface area contributed by atoms with Gasteiger partial charge in [-0.15, -0.1) is 0 Å². The number of amides is 1. The third-order valence-electron chi connectivity index (χ3n) is 3.75. The maximum Gasteiger partial charge on any atom is 0.226 e. The van der Waals surface area contributed by atoms with Crippen LogP contribution in [0.25, 0.3) is 0 Å². The summed E-state index contributed by atoms with van der Waals surface area (Å²) in [7, 11) is 0. The van der Waals surface area contributed by atoms with Crippen LogP contribution in [0, 0.1) is 0 Å². The number of primary amides is 1. The molecule has 3 rings (SSSR count). The molecule has 1 saturated carbocycles. The van der Waals surface area contributed by atoms with Gasteiger partial charge in [0.25, 0.3) is 0 Å². The van der Waals surface area contributed by atoms with Gasteiger partial charge in [0.05, 0.1) is 17.3 Å². The van der Waals surface area contributed by atoms with E-state index < -0.39 is 0 Å². The molecule has 1 fully saturated rings. The van der Waals surface area contributed by atoms with E-state index >= 15 is 0 Å². The van der Waals surface area contributed by atoms with Crippen molar-refractivity contribution >= 4 is 5.91 Å². The minimum atomic E-state index is -0.311. The van der Waals surface area contributed by atoms with Crippen LogP contribution in [0.3, 0.4) is 0 Å². The fourth-order valence-electron chi connectivity index (χ4n) is 2.38. The van der Waals surface area contributed by atoms with E-state index in [1.165, 1.54) is 18.4 Å². The first-order valence-electron chi connectivity index (χ1n) is 6.17. The van der Waals surface area contributed by atoms with E-state index in [1.54, 1.807) is 0 Å². The number of hydrogen-bond donors (Lipinski definition) is 1. The van der Waals surface area contributed by atoms with Gasteiger partial charge in [-0.25, -0.2) is 0 Å². The van der Waals surface area contributed by atoms with Crippen molar-refractivity contribution in [2.24, 2.45) is 5.73 Å². The molecule has 1 aromatic heterocycles. The average Bonchev–Trinajstić information content (AvgIpc) is 3.07. The van der Waals surface area contributed by atoms with Crippen molar-refractivity contribution in [2.75, 3.05) is 0 Å². The zero-order valence-electron chi connectivity index (χ0n) is 10.0. The second-order valence-electron chi connectivity index (χ2n) is 5.10. The van der Waals surface area contributed by atoms with Gasteiger partial charge in [-0.1, -0.05) is 6.07 Å².